The molecule has 0 spiro atoms. The van der Waals surface area contributed by atoms with E-state index in [-0.39, 0.29) is 10.6 Å². The van der Waals surface area contributed by atoms with Crippen molar-refractivity contribution in [1.82, 2.24) is 15.0 Å². The molecule has 0 bridgehead atoms. The number of hydrogen-bond donors (Lipinski definition) is 1. The number of benzene rings is 1. The number of nitrogens with two attached hydrogens (primary N) is 1. The van der Waals surface area contributed by atoms with E-state index in [0.29, 0.717) is 17.8 Å². The minimum Gasteiger partial charge on any atom is -0.225 e. The fraction of sp³-hybridized carbons (Fsp3) is 0.250. The first-order valence-corrected chi connectivity index (χ1v) is 7.50. The molecule has 1 aromatic carbocycles. The van der Waals surface area contributed by atoms with Crippen molar-refractivity contribution >= 4 is 10.0 Å². The monoisotopic (exact) mass is 291 g/mol. The van der Waals surface area contributed by atoms with E-state index in [2.05, 4.69) is 10.3 Å². The van der Waals surface area contributed by atoms with E-state index in [1.165, 1.54) is 16.8 Å². The number of nitriles is 1. The highest BCUT2D eigenvalue weighted by Crippen LogP contribution is 2.16. The molecule has 1 heterocycles. The number of hydrogen-bond acceptors (Lipinski definition) is 5. The smallest absolute Gasteiger partial charge is 0.225 e. The van der Waals surface area contributed by atoms with Crippen LogP contribution in [0.1, 0.15) is 24.7 Å². The molecular weight excluding hydrogens is 278 g/mol. The van der Waals surface area contributed by atoms with Crippen LogP contribution in [0.5, 0.6) is 0 Å². The van der Waals surface area contributed by atoms with Gasteiger partial charge in [0, 0.05) is 0 Å². The van der Waals surface area contributed by atoms with Crippen molar-refractivity contribution in [2.45, 2.75) is 24.7 Å². The van der Waals surface area contributed by atoms with E-state index in [4.69, 9.17) is 10.4 Å². The number of rotatable bonds is 4. The van der Waals surface area contributed by atoms with Crippen LogP contribution in [0, 0.1) is 11.3 Å². The summed E-state index contributed by atoms with van der Waals surface area (Å²) in [7, 11) is -3.72. The summed E-state index contributed by atoms with van der Waals surface area (Å²) < 4.78 is 23.9. The van der Waals surface area contributed by atoms with Crippen LogP contribution < -0.4 is 5.14 Å². The van der Waals surface area contributed by atoms with Crippen LogP contribution in [0.15, 0.2) is 29.2 Å². The molecule has 1 aromatic heterocycles. The molecule has 2 N–H and O–H groups in total. The third-order valence-electron chi connectivity index (χ3n) is 2.77. The summed E-state index contributed by atoms with van der Waals surface area (Å²) in [6.07, 6.45) is 1.50. The van der Waals surface area contributed by atoms with E-state index in [9.17, 15) is 8.42 Å². The molecule has 104 valence electrons. The molecule has 0 atom stereocenters. The first kappa shape index (κ1) is 14.2. The van der Waals surface area contributed by atoms with Crippen molar-refractivity contribution in [3.05, 3.63) is 35.7 Å². The lowest BCUT2D eigenvalue weighted by Crippen LogP contribution is -2.12. The molecule has 0 unspecified atom stereocenters. The van der Waals surface area contributed by atoms with Gasteiger partial charge >= 0.3 is 0 Å². The normalized spacial score (nSPS) is 11.2. The van der Waals surface area contributed by atoms with Gasteiger partial charge in [-0.2, -0.15) is 5.26 Å². The van der Waals surface area contributed by atoms with Crippen LogP contribution in [-0.2, 0) is 16.4 Å². The lowest BCUT2D eigenvalue weighted by molar-refractivity contribution is 0.597. The highest BCUT2D eigenvalue weighted by Gasteiger charge is 2.14. The summed E-state index contributed by atoms with van der Waals surface area (Å²) in [5.74, 6) is 0. The van der Waals surface area contributed by atoms with Crippen LogP contribution in [0.2, 0.25) is 0 Å². The number of nitrogens with zero attached hydrogens (tertiary/aromatic N) is 4. The lowest BCUT2D eigenvalue weighted by atomic mass is 10.2. The number of sulfonamides is 1. The quantitative estimate of drug-likeness (QED) is 0.892. The molecule has 0 fully saturated rings. The molecule has 0 radical (unpaired) electrons. The second-order valence-electron chi connectivity index (χ2n) is 4.20. The van der Waals surface area contributed by atoms with Crippen LogP contribution >= 0.6 is 0 Å². The van der Waals surface area contributed by atoms with Crippen molar-refractivity contribution in [3.63, 3.8) is 0 Å². The molecule has 2 rings (SSSR count). The Hall–Kier alpha value is -2.24. The SMILES string of the molecule is CCCc1c(C#N)nnn1-c1ccc(S(N)(=O)=O)cc1. The Balaban J connectivity index is 2.47. The van der Waals surface area contributed by atoms with Gasteiger partial charge in [0.15, 0.2) is 5.69 Å². The molecular formula is C12H13N5O2S. The summed E-state index contributed by atoms with van der Waals surface area (Å²) in [6.45, 7) is 1.99. The topological polar surface area (TPSA) is 115 Å². The Morgan fingerprint density at radius 1 is 1.35 bits per heavy atom. The van der Waals surface area contributed by atoms with Gasteiger partial charge in [-0.3, -0.25) is 0 Å². The highest BCUT2D eigenvalue weighted by atomic mass is 32.2. The predicted molar refractivity (Wildman–Crippen MR) is 71.4 cm³/mol. The van der Waals surface area contributed by atoms with Crippen molar-refractivity contribution in [1.29, 1.82) is 5.26 Å². The van der Waals surface area contributed by atoms with Gasteiger partial charge in [0.05, 0.1) is 16.3 Å². The molecule has 0 aliphatic rings. The van der Waals surface area contributed by atoms with Crippen molar-refractivity contribution in [2.75, 3.05) is 0 Å². The summed E-state index contributed by atoms with van der Waals surface area (Å²) in [5.41, 5.74) is 1.62. The molecule has 0 aliphatic carbocycles. The van der Waals surface area contributed by atoms with Gasteiger partial charge in [-0.1, -0.05) is 18.6 Å². The van der Waals surface area contributed by atoms with Crippen LogP contribution in [0.4, 0.5) is 0 Å². The van der Waals surface area contributed by atoms with E-state index >= 15 is 0 Å². The van der Waals surface area contributed by atoms with Gasteiger partial charge in [0.25, 0.3) is 0 Å². The van der Waals surface area contributed by atoms with Crippen molar-refractivity contribution in [2.24, 2.45) is 5.14 Å². The summed E-state index contributed by atoms with van der Waals surface area (Å²) in [5, 5.41) is 21.8. The molecule has 0 aliphatic heterocycles. The first-order valence-electron chi connectivity index (χ1n) is 5.95. The second-order valence-corrected chi connectivity index (χ2v) is 5.76. The fourth-order valence-electron chi connectivity index (χ4n) is 1.83. The zero-order chi connectivity index (χ0) is 14.8. The average molecular weight is 291 g/mol. The highest BCUT2D eigenvalue weighted by molar-refractivity contribution is 7.89. The zero-order valence-corrected chi connectivity index (χ0v) is 11.6. The van der Waals surface area contributed by atoms with Crippen LogP contribution in [-0.4, -0.2) is 23.4 Å². The molecule has 7 nitrogen and oxygen atoms in total. The maximum absolute atomic E-state index is 11.2. The predicted octanol–water partition coefficient (Wildman–Crippen LogP) is 0.739. The summed E-state index contributed by atoms with van der Waals surface area (Å²) in [6, 6.07) is 7.95. The Morgan fingerprint density at radius 2 is 2.00 bits per heavy atom. The Bertz CT molecular complexity index is 756. The standard InChI is InChI=1S/C12H13N5O2S/c1-2-3-12-11(8-13)15-16-17(12)9-4-6-10(7-5-9)20(14,18)19/h4-7H,2-3H2,1H3,(H2,14,18,19). The summed E-state index contributed by atoms with van der Waals surface area (Å²) >= 11 is 0. The van der Waals surface area contributed by atoms with Gasteiger partial charge in [0.2, 0.25) is 10.0 Å². The number of primary sulfonamides is 1. The minimum absolute atomic E-state index is 0.0268. The van der Waals surface area contributed by atoms with E-state index < -0.39 is 10.0 Å². The molecule has 0 saturated heterocycles. The third kappa shape index (κ3) is 2.68. The fourth-order valence-corrected chi connectivity index (χ4v) is 2.35. The van der Waals surface area contributed by atoms with E-state index in [1.54, 1.807) is 12.1 Å². The largest absolute Gasteiger partial charge is 0.238 e. The van der Waals surface area contributed by atoms with Crippen molar-refractivity contribution in [3.8, 4) is 11.8 Å². The van der Waals surface area contributed by atoms with Crippen molar-refractivity contribution < 1.29 is 8.42 Å². The van der Waals surface area contributed by atoms with Gasteiger partial charge in [-0.15, -0.1) is 5.10 Å². The second kappa shape index (κ2) is 5.40. The Labute approximate surface area is 116 Å². The molecule has 2 aromatic rings. The number of aromatic nitrogens is 3. The minimum atomic E-state index is -3.72. The van der Waals surface area contributed by atoms with E-state index in [0.717, 1.165) is 6.42 Å². The van der Waals surface area contributed by atoms with Gasteiger partial charge in [0.1, 0.15) is 6.07 Å². The molecule has 8 heteroatoms. The van der Waals surface area contributed by atoms with E-state index in [1.807, 2.05) is 13.0 Å². The average Bonchev–Trinajstić information content (AvgIpc) is 2.81. The lowest BCUT2D eigenvalue weighted by Gasteiger charge is -2.06. The van der Waals surface area contributed by atoms with Crippen LogP contribution in [0.25, 0.3) is 5.69 Å². The maximum Gasteiger partial charge on any atom is 0.238 e. The van der Waals surface area contributed by atoms with Crippen LogP contribution in [0.3, 0.4) is 0 Å². The van der Waals surface area contributed by atoms with Gasteiger partial charge < -0.3 is 0 Å². The Morgan fingerprint density at radius 3 is 2.50 bits per heavy atom. The third-order valence-corrected chi connectivity index (χ3v) is 3.69. The Kier molecular flexibility index (Phi) is 3.83. The van der Waals surface area contributed by atoms with Gasteiger partial charge in [-0.05, 0) is 30.7 Å². The first-order chi connectivity index (χ1) is 9.47. The molecule has 0 amide bonds. The summed E-state index contributed by atoms with van der Waals surface area (Å²) in [4.78, 5) is 0.0268. The van der Waals surface area contributed by atoms with Gasteiger partial charge in [-0.25, -0.2) is 18.2 Å². The maximum atomic E-state index is 11.2. The zero-order valence-electron chi connectivity index (χ0n) is 10.8. The molecule has 0 saturated carbocycles. The molecule has 20 heavy (non-hydrogen) atoms.